The van der Waals surface area contributed by atoms with Crippen molar-refractivity contribution in [1.29, 1.82) is 0 Å². The lowest BCUT2D eigenvalue weighted by molar-refractivity contribution is 0.0111. The van der Waals surface area contributed by atoms with Gasteiger partial charge in [-0.25, -0.2) is 4.39 Å². The maximum Gasteiger partial charge on any atom is 0.253 e. The number of nitrogens with zero attached hydrogens (tertiary/aromatic N) is 2. The lowest BCUT2D eigenvalue weighted by atomic mass is 10.1. The summed E-state index contributed by atoms with van der Waals surface area (Å²) in [7, 11) is 0. The summed E-state index contributed by atoms with van der Waals surface area (Å²) in [5.74, 6) is -0.364. The van der Waals surface area contributed by atoms with Crippen molar-refractivity contribution in [2.75, 3.05) is 45.9 Å². The second-order valence-corrected chi connectivity index (χ2v) is 5.87. The molecule has 0 bridgehead atoms. The zero-order valence-corrected chi connectivity index (χ0v) is 13.8. The number of aryl methyl sites for hydroxylation is 1. The van der Waals surface area contributed by atoms with Crippen molar-refractivity contribution in [3.63, 3.8) is 0 Å². The molecule has 1 amide bonds. The average molecular weight is 324 g/mol. The van der Waals surface area contributed by atoms with Crippen molar-refractivity contribution in [1.82, 2.24) is 9.80 Å². The van der Waals surface area contributed by atoms with Crippen LogP contribution in [-0.2, 0) is 4.74 Å². The molecule has 0 unspecified atom stereocenters. The van der Waals surface area contributed by atoms with Gasteiger partial charge in [0.15, 0.2) is 0 Å². The number of piperazine rings is 1. The van der Waals surface area contributed by atoms with Crippen molar-refractivity contribution in [2.45, 2.75) is 20.0 Å². The molecule has 128 valence electrons. The maximum atomic E-state index is 13.3. The molecule has 1 N–H and O–H groups in total. The fourth-order valence-corrected chi connectivity index (χ4v) is 2.70. The minimum atomic E-state index is -0.503. The highest BCUT2D eigenvalue weighted by atomic mass is 19.1. The largest absolute Gasteiger partial charge is 0.389 e. The third-order valence-corrected chi connectivity index (χ3v) is 4.05. The first-order valence-electron chi connectivity index (χ1n) is 8.05. The van der Waals surface area contributed by atoms with Crippen LogP contribution in [0.5, 0.6) is 0 Å². The number of amides is 1. The molecule has 1 saturated heterocycles. The van der Waals surface area contributed by atoms with Crippen molar-refractivity contribution in [3.8, 4) is 0 Å². The summed E-state index contributed by atoms with van der Waals surface area (Å²) in [4.78, 5) is 16.4. The Hall–Kier alpha value is -1.50. The summed E-state index contributed by atoms with van der Waals surface area (Å²) in [5, 5.41) is 9.86. The summed E-state index contributed by atoms with van der Waals surface area (Å²) < 4.78 is 18.5. The second-order valence-electron chi connectivity index (χ2n) is 5.87. The van der Waals surface area contributed by atoms with Crippen LogP contribution in [0.15, 0.2) is 18.2 Å². The van der Waals surface area contributed by atoms with Crippen molar-refractivity contribution < 1.29 is 19.0 Å². The van der Waals surface area contributed by atoms with E-state index in [1.54, 1.807) is 17.9 Å². The van der Waals surface area contributed by atoms with Gasteiger partial charge in [0.05, 0.1) is 12.7 Å². The van der Waals surface area contributed by atoms with E-state index in [9.17, 15) is 14.3 Å². The monoisotopic (exact) mass is 324 g/mol. The first-order valence-corrected chi connectivity index (χ1v) is 8.05. The van der Waals surface area contributed by atoms with Crippen molar-refractivity contribution >= 4 is 5.91 Å². The number of β-amino-alcohol motifs (C(OH)–C–C–N with tert-alkyl or cyclic N) is 1. The van der Waals surface area contributed by atoms with Crippen LogP contribution in [0.4, 0.5) is 4.39 Å². The molecular weight excluding hydrogens is 299 g/mol. The standard InChI is InChI=1S/C17H25FN2O3/c1-3-23-12-15(21)11-19-6-8-20(9-7-19)17(22)14-4-5-16(18)13(2)10-14/h4-5,10,15,21H,3,6-9,11-12H2,1-2H3/t15-/m1/s1. The van der Waals surface area contributed by atoms with Crippen molar-refractivity contribution in [3.05, 3.63) is 35.1 Å². The molecule has 0 saturated carbocycles. The van der Waals surface area contributed by atoms with Crippen LogP contribution in [0.2, 0.25) is 0 Å². The summed E-state index contributed by atoms with van der Waals surface area (Å²) >= 11 is 0. The van der Waals surface area contributed by atoms with E-state index in [1.807, 2.05) is 6.92 Å². The number of aliphatic hydroxyl groups excluding tert-OH is 1. The van der Waals surface area contributed by atoms with Gasteiger partial charge in [-0.05, 0) is 37.6 Å². The van der Waals surface area contributed by atoms with E-state index in [0.29, 0.717) is 44.0 Å². The fourth-order valence-electron chi connectivity index (χ4n) is 2.70. The van der Waals surface area contributed by atoms with Crippen LogP contribution in [-0.4, -0.2) is 72.9 Å². The van der Waals surface area contributed by atoms with E-state index in [1.165, 1.54) is 12.1 Å². The van der Waals surface area contributed by atoms with Crippen LogP contribution in [0, 0.1) is 12.7 Å². The normalized spacial score (nSPS) is 17.3. The molecule has 2 rings (SSSR count). The number of rotatable bonds is 6. The molecule has 5 nitrogen and oxygen atoms in total. The number of carbonyl (C=O) groups excluding carboxylic acids is 1. The summed E-state index contributed by atoms with van der Waals surface area (Å²) in [6.07, 6.45) is -0.503. The number of hydrogen-bond acceptors (Lipinski definition) is 4. The Kier molecular flexibility index (Phi) is 6.50. The topological polar surface area (TPSA) is 53.0 Å². The average Bonchev–Trinajstić information content (AvgIpc) is 2.55. The first kappa shape index (κ1) is 17.8. The Balaban J connectivity index is 1.83. The Labute approximate surface area is 136 Å². The van der Waals surface area contributed by atoms with Gasteiger partial charge >= 0.3 is 0 Å². The first-order chi connectivity index (χ1) is 11.0. The Morgan fingerprint density at radius 2 is 2.04 bits per heavy atom. The summed E-state index contributed by atoms with van der Waals surface area (Å²) in [5.41, 5.74) is 1.00. The molecule has 23 heavy (non-hydrogen) atoms. The van der Waals surface area contributed by atoms with Crippen molar-refractivity contribution in [2.24, 2.45) is 0 Å². The van der Waals surface area contributed by atoms with Gasteiger partial charge in [0.25, 0.3) is 5.91 Å². The van der Waals surface area contributed by atoms with Gasteiger partial charge in [0.2, 0.25) is 0 Å². The molecule has 1 fully saturated rings. The molecular formula is C17H25FN2O3. The third-order valence-electron chi connectivity index (χ3n) is 4.05. The molecule has 1 atom stereocenters. The molecule has 1 heterocycles. The molecule has 0 radical (unpaired) electrons. The van der Waals surface area contributed by atoms with Gasteiger partial charge in [0.1, 0.15) is 5.82 Å². The van der Waals surface area contributed by atoms with E-state index in [2.05, 4.69) is 4.90 Å². The highest BCUT2D eigenvalue weighted by Crippen LogP contribution is 2.13. The number of hydrogen-bond donors (Lipinski definition) is 1. The quantitative estimate of drug-likeness (QED) is 0.857. The minimum Gasteiger partial charge on any atom is -0.389 e. The lowest BCUT2D eigenvalue weighted by Crippen LogP contribution is -2.50. The highest BCUT2D eigenvalue weighted by Gasteiger charge is 2.23. The zero-order chi connectivity index (χ0) is 16.8. The van der Waals surface area contributed by atoms with Gasteiger partial charge in [0, 0.05) is 44.9 Å². The van der Waals surface area contributed by atoms with E-state index in [0.717, 1.165) is 13.1 Å². The highest BCUT2D eigenvalue weighted by molar-refractivity contribution is 5.94. The molecule has 1 aromatic rings. The number of halogens is 1. The molecule has 0 aromatic heterocycles. The number of benzene rings is 1. The fraction of sp³-hybridized carbons (Fsp3) is 0.588. The SMILES string of the molecule is CCOC[C@H](O)CN1CCN(C(=O)c2ccc(F)c(C)c2)CC1. The van der Waals surface area contributed by atoms with Crippen LogP contribution in [0.25, 0.3) is 0 Å². The van der Waals surface area contributed by atoms with Gasteiger partial charge in [-0.15, -0.1) is 0 Å². The van der Waals surface area contributed by atoms with E-state index < -0.39 is 6.10 Å². The Morgan fingerprint density at radius 3 is 2.65 bits per heavy atom. The maximum absolute atomic E-state index is 13.3. The van der Waals surface area contributed by atoms with Gasteiger partial charge < -0.3 is 14.7 Å². The number of carbonyl (C=O) groups is 1. The molecule has 0 spiro atoms. The molecule has 6 heteroatoms. The molecule has 1 aliphatic heterocycles. The van der Waals surface area contributed by atoms with Crippen LogP contribution in [0.3, 0.4) is 0 Å². The van der Waals surface area contributed by atoms with Gasteiger partial charge in [-0.3, -0.25) is 9.69 Å². The van der Waals surface area contributed by atoms with Crippen LogP contribution < -0.4 is 0 Å². The molecule has 0 aliphatic carbocycles. The number of ether oxygens (including phenoxy) is 1. The number of aliphatic hydroxyl groups is 1. The van der Waals surface area contributed by atoms with E-state index in [4.69, 9.17) is 4.74 Å². The predicted octanol–water partition coefficient (Wildman–Crippen LogP) is 1.29. The zero-order valence-electron chi connectivity index (χ0n) is 13.8. The van der Waals surface area contributed by atoms with E-state index in [-0.39, 0.29) is 11.7 Å². The van der Waals surface area contributed by atoms with Crippen LogP contribution in [0.1, 0.15) is 22.8 Å². The second kappa shape index (κ2) is 8.38. The minimum absolute atomic E-state index is 0.0670. The predicted molar refractivity (Wildman–Crippen MR) is 86.0 cm³/mol. The molecule has 1 aromatic carbocycles. The van der Waals surface area contributed by atoms with Crippen LogP contribution >= 0.6 is 0 Å². The summed E-state index contributed by atoms with van der Waals surface area (Å²) in [6.45, 7) is 7.69. The Morgan fingerprint density at radius 1 is 1.35 bits per heavy atom. The van der Waals surface area contributed by atoms with E-state index >= 15 is 0 Å². The summed E-state index contributed by atoms with van der Waals surface area (Å²) in [6, 6.07) is 4.46. The van der Waals surface area contributed by atoms with Gasteiger partial charge in [-0.1, -0.05) is 0 Å². The Bertz CT molecular complexity index is 531. The van der Waals surface area contributed by atoms with Gasteiger partial charge in [-0.2, -0.15) is 0 Å². The smallest absolute Gasteiger partial charge is 0.253 e. The molecule has 1 aliphatic rings. The third kappa shape index (κ3) is 4.99. The lowest BCUT2D eigenvalue weighted by Gasteiger charge is -2.35.